The summed E-state index contributed by atoms with van der Waals surface area (Å²) >= 11 is 0. The summed E-state index contributed by atoms with van der Waals surface area (Å²) in [5, 5.41) is 2.63. The molecule has 0 saturated carbocycles. The van der Waals surface area contributed by atoms with Gasteiger partial charge in [-0.15, -0.1) is 13.2 Å². The van der Waals surface area contributed by atoms with Crippen LogP contribution in [0.1, 0.15) is 29.0 Å². The lowest BCUT2D eigenvalue weighted by molar-refractivity contribution is -0.274. The molecule has 0 fully saturated rings. The number of halogens is 3. The van der Waals surface area contributed by atoms with E-state index in [9.17, 15) is 26.4 Å². The summed E-state index contributed by atoms with van der Waals surface area (Å²) in [5.41, 5.74) is 1.84. The van der Waals surface area contributed by atoms with Gasteiger partial charge in [0.1, 0.15) is 17.1 Å². The van der Waals surface area contributed by atoms with Crippen LogP contribution in [0.5, 0.6) is 5.75 Å². The number of rotatable bonds is 6. The van der Waals surface area contributed by atoms with Gasteiger partial charge in [0.2, 0.25) is 0 Å². The Balaban J connectivity index is 1.73. The first-order valence-electron chi connectivity index (χ1n) is 10.4. The third-order valence-electron chi connectivity index (χ3n) is 4.97. The van der Waals surface area contributed by atoms with Crippen molar-refractivity contribution < 1.29 is 31.1 Å². The molecule has 0 radical (unpaired) electrons. The molecule has 1 amide bonds. The number of ether oxygens (including phenoxy) is 1. The Bertz CT molecular complexity index is 1550. The molecule has 36 heavy (non-hydrogen) atoms. The molecule has 0 aliphatic rings. The molecule has 13 heteroatoms. The molecule has 4 aromatic rings. The molecule has 9 nitrogen and oxygen atoms in total. The van der Waals surface area contributed by atoms with Crippen molar-refractivity contribution in [1.29, 1.82) is 0 Å². The van der Waals surface area contributed by atoms with Crippen LogP contribution >= 0.6 is 0 Å². The smallest absolute Gasteiger partial charge is 0.406 e. The number of benzene rings is 2. The summed E-state index contributed by atoms with van der Waals surface area (Å²) in [6.45, 7) is 1.60. The van der Waals surface area contributed by atoms with E-state index in [1.165, 1.54) is 18.6 Å². The number of carbonyl (C=O) groups excluding carboxylic acids is 1. The number of alkyl halides is 3. The molecule has 1 atom stereocenters. The van der Waals surface area contributed by atoms with Crippen molar-refractivity contribution in [3.63, 3.8) is 0 Å². The summed E-state index contributed by atoms with van der Waals surface area (Å²) < 4.78 is 66.2. The van der Waals surface area contributed by atoms with Gasteiger partial charge in [0.15, 0.2) is 9.84 Å². The first kappa shape index (κ1) is 25.0. The Labute approximate surface area is 203 Å². The van der Waals surface area contributed by atoms with E-state index in [2.05, 4.69) is 30.0 Å². The summed E-state index contributed by atoms with van der Waals surface area (Å²) in [4.78, 5) is 30.0. The van der Waals surface area contributed by atoms with Crippen LogP contribution in [-0.2, 0) is 9.84 Å². The second-order valence-electron chi connectivity index (χ2n) is 7.75. The summed E-state index contributed by atoms with van der Waals surface area (Å²) in [6, 6.07) is 8.72. The van der Waals surface area contributed by atoms with Gasteiger partial charge in [0.05, 0.1) is 33.9 Å². The van der Waals surface area contributed by atoms with Crippen molar-refractivity contribution >= 4 is 26.8 Å². The van der Waals surface area contributed by atoms with E-state index >= 15 is 0 Å². The van der Waals surface area contributed by atoms with Crippen LogP contribution < -0.4 is 10.1 Å². The number of hydrogen-bond acceptors (Lipinski definition) is 8. The number of amides is 1. The third-order valence-corrected chi connectivity index (χ3v) is 6.06. The quantitative estimate of drug-likeness (QED) is 0.409. The van der Waals surface area contributed by atoms with Gasteiger partial charge in [-0.1, -0.05) is 12.1 Å². The van der Waals surface area contributed by atoms with Crippen LogP contribution in [0.4, 0.5) is 13.2 Å². The highest BCUT2D eigenvalue weighted by atomic mass is 32.2. The van der Waals surface area contributed by atoms with E-state index in [1.807, 2.05) is 0 Å². The maximum absolute atomic E-state index is 13.0. The van der Waals surface area contributed by atoms with Crippen LogP contribution in [0.3, 0.4) is 0 Å². The second kappa shape index (κ2) is 9.49. The maximum atomic E-state index is 13.0. The van der Waals surface area contributed by atoms with Crippen molar-refractivity contribution in [3.8, 4) is 17.1 Å². The largest absolute Gasteiger partial charge is 0.573 e. The Kier molecular flexibility index (Phi) is 6.59. The standard InChI is InChI=1S/C23H18F3N5O4S/c1-13(20-21(19-12-27-7-8-28-19)31-18-6-4-3-5-17(18)30-20)29-22(32)14-9-15(35-23(24,25)26)11-16(10-14)36(2,33)34/h3-13H,1-2H3,(H,29,32)/t13-/m0/s1. The average molecular weight is 517 g/mol. The van der Waals surface area contributed by atoms with E-state index in [1.54, 1.807) is 31.2 Å². The van der Waals surface area contributed by atoms with Gasteiger partial charge in [0.25, 0.3) is 5.91 Å². The van der Waals surface area contributed by atoms with Crippen LogP contribution in [0.25, 0.3) is 22.4 Å². The summed E-state index contributed by atoms with van der Waals surface area (Å²) in [7, 11) is -3.95. The lowest BCUT2D eigenvalue weighted by Crippen LogP contribution is -2.28. The number of sulfone groups is 1. The van der Waals surface area contributed by atoms with Crippen LogP contribution in [0.2, 0.25) is 0 Å². The van der Waals surface area contributed by atoms with Crippen LogP contribution in [0.15, 0.2) is 66.0 Å². The molecule has 0 unspecified atom stereocenters. The van der Waals surface area contributed by atoms with Crippen molar-refractivity contribution in [1.82, 2.24) is 25.3 Å². The van der Waals surface area contributed by atoms with Gasteiger partial charge in [-0.2, -0.15) is 0 Å². The van der Waals surface area contributed by atoms with Crippen LogP contribution in [-0.4, -0.2) is 46.9 Å². The minimum Gasteiger partial charge on any atom is -0.406 e. The Morgan fingerprint density at radius 3 is 2.36 bits per heavy atom. The predicted octanol–water partition coefficient (Wildman–Crippen LogP) is 3.88. The lowest BCUT2D eigenvalue weighted by atomic mass is 10.1. The fourth-order valence-electron chi connectivity index (χ4n) is 3.38. The molecular formula is C23H18F3N5O4S. The van der Waals surface area contributed by atoms with E-state index < -0.39 is 38.8 Å². The average Bonchev–Trinajstić information content (AvgIpc) is 2.82. The molecule has 2 aromatic carbocycles. The van der Waals surface area contributed by atoms with Crippen molar-refractivity contribution in [2.75, 3.05) is 6.26 Å². The highest BCUT2D eigenvalue weighted by Gasteiger charge is 2.32. The van der Waals surface area contributed by atoms with Gasteiger partial charge < -0.3 is 10.1 Å². The van der Waals surface area contributed by atoms with E-state index in [0.29, 0.717) is 34.2 Å². The summed E-state index contributed by atoms with van der Waals surface area (Å²) in [5.74, 6) is -1.69. The molecular weight excluding hydrogens is 499 g/mol. The number of para-hydroxylation sites is 2. The molecule has 0 aliphatic heterocycles. The van der Waals surface area contributed by atoms with Gasteiger partial charge in [0, 0.05) is 24.2 Å². The number of aromatic nitrogens is 4. The molecule has 2 aromatic heterocycles. The van der Waals surface area contributed by atoms with Gasteiger partial charge >= 0.3 is 6.36 Å². The number of carbonyl (C=O) groups is 1. The van der Waals surface area contributed by atoms with Crippen molar-refractivity contribution in [2.24, 2.45) is 0 Å². The van der Waals surface area contributed by atoms with E-state index in [-0.39, 0.29) is 5.56 Å². The monoisotopic (exact) mass is 517 g/mol. The zero-order chi connectivity index (χ0) is 26.1. The molecule has 0 saturated heterocycles. The molecule has 2 heterocycles. The first-order valence-corrected chi connectivity index (χ1v) is 12.2. The van der Waals surface area contributed by atoms with Gasteiger partial charge in [-0.05, 0) is 37.3 Å². The number of hydrogen-bond donors (Lipinski definition) is 1. The number of nitrogens with one attached hydrogen (secondary N) is 1. The minimum absolute atomic E-state index is 0.327. The molecule has 0 spiro atoms. The predicted molar refractivity (Wildman–Crippen MR) is 123 cm³/mol. The van der Waals surface area contributed by atoms with Gasteiger partial charge in [-0.25, -0.2) is 18.4 Å². The maximum Gasteiger partial charge on any atom is 0.573 e. The van der Waals surface area contributed by atoms with Crippen LogP contribution in [0, 0.1) is 0 Å². The molecule has 0 bridgehead atoms. The van der Waals surface area contributed by atoms with Crippen molar-refractivity contribution in [3.05, 3.63) is 72.3 Å². The second-order valence-corrected chi connectivity index (χ2v) is 9.76. The fraction of sp³-hybridized carbons (Fsp3) is 0.174. The number of fused-ring (bicyclic) bond motifs is 1. The van der Waals surface area contributed by atoms with E-state index in [4.69, 9.17) is 0 Å². The normalized spacial score (nSPS) is 12.8. The highest BCUT2D eigenvalue weighted by Crippen LogP contribution is 2.29. The minimum atomic E-state index is -5.08. The Morgan fingerprint density at radius 2 is 1.75 bits per heavy atom. The fourth-order valence-corrected chi connectivity index (χ4v) is 4.05. The zero-order valence-corrected chi connectivity index (χ0v) is 19.6. The number of nitrogens with zero attached hydrogens (tertiary/aromatic N) is 4. The summed E-state index contributed by atoms with van der Waals surface area (Å²) in [6.07, 6.45) is 0.162. The molecule has 4 rings (SSSR count). The Morgan fingerprint density at radius 1 is 1.06 bits per heavy atom. The highest BCUT2D eigenvalue weighted by molar-refractivity contribution is 7.90. The topological polar surface area (TPSA) is 124 Å². The molecule has 1 N–H and O–H groups in total. The first-order chi connectivity index (χ1) is 16.9. The van der Waals surface area contributed by atoms with Crippen molar-refractivity contribution in [2.45, 2.75) is 24.2 Å². The SMILES string of the molecule is C[C@H](NC(=O)c1cc(OC(F)(F)F)cc(S(C)(=O)=O)c1)c1nc2ccccc2nc1-c1cnccn1. The van der Waals surface area contributed by atoms with E-state index in [0.717, 1.165) is 18.4 Å². The van der Waals surface area contributed by atoms with Gasteiger partial charge in [-0.3, -0.25) is 14.8 Å². The molecule has 0 aliphatic carbocycles. The third kappa shape index (κ3) is 5.74. The zero-order valence-electron chi connectivity index (χ0n) is 18.8. The molecule has 186 valence electrons. The lowest BCUT2D eigenvalue weighted by Gasteiger charge is -2.18. The Hall–Kier alpha value is -4.13.